The topological polar surface area (TPSA) is 51.6 Å². The predicted molar refractivity (Wildman–Crippen MR) is 256 cm³/mol. The molecule has 0 aliphatic heterocycles. The van der Waals surface area contributed by atoms with Crippen molar-refractivity contribution in [2.45, 2.75) is 0 Å². The van der Waals surface area contributed by atoms with Crippen molar-refractivity contribution < 1.29 is 0 Å². The first-order chi connectivity index (χ1) is 30.2. The van der Waals surface area contributed by atoms with Gasteiger partial charge in [0.25, 0.3) is 0 Å². The van der Waals surface area contributed by atoms with E-state index in [9.17, 15) is 0 Å². The van der Waals surface area contributed by atoms with Crippen molar-refractivity contribution in [1.29, 1.82) is 0 Å². The molecule has 0 N–H and O–H groups in total. The Morgan fingerprint density at radius 2 is 0.705 bits per heavy atom. The van der Waals surface area contributed by atoms with Crippen LogP contribution in [0.5, 0.6) is 0 Å². The number of para-hydroxylation sites is 1. The van der Waals surface area contributed by atoms with Crippen molar-refractivity contribution in [2.24, 2.45) is 0 Å². The largest absolute Gasteiger partial charge is 0.247 e. The number of thiophene rings is 1. The third kappa shape index (κ3) is 5.97. The minimum Gasteiger partial charge on any atom is -0.247 e. The van der Waals surface area contributed by atoms with Gasteiger partial charge in [-0.2, -0.15) is 0 Å². The van der Waals surface area contributed by atoms with E-state index in [4.69, 9.17) is 19.9 Å². The summed E-state index contributed by atoms with van der Waals surface area (Å²) >= 11 is 1.85. The Bertz CT molecular complexity index is 3530. The summed E-state index contributed by atoms with van der Waals surface area (Å²) in [4.78, 5) is 21.6. The molecule has 12 aromatic rings. The summed E-state index contributed by atoms with van der Waals surface area (Å²) in [6.45, 7) is 0. The van der Waals surface area contributed by atoms with Crippen LogP contribution < -0.4 is 0 Å². The smallest absolute Gasteiger partial charge is 0.164 e. The molecule has 0 atom stereocenters. The lowest BCUT2D eigenvalue weighted by molar-refractivity contribution is 1.07. The molecule has 0 aliphatic rings. The van der Waals surface area contributed by atoms with Crippen molar-refractivity contribution in [1.82, 2.24) is 19.9 Å². The quantitative estimate of drug-likeness (QED) is 0.157. The summed E-state index contributed by atoms with van der Waals surface area (Å²) in [7, 11) is 0. The van der Waals surface area contributed by atoms with Gasteiger partial charge in [0.2, 0.25) is 0 Å². The third-order valence-corrected chi connectivity index (χ3v) is 13.0. The summed E-state index contributed by atoms with van der Waals surface area (Å²) < 4.78 is 1.22. The molecule has 4 nitrogen and oxygen atoms in total. The SMILES string of the molecule is c1ccc(-c2nc(-c3ccccc3)nc(-c3ccc(-c4c(-c5ccc6c7ccccc7c7ccccc7c6c5)sc5c4c(-c4ccccc4)nc4ccccc45)cc3)n2)cc1. The van der Waals surface area contributed by atoms with Crippen LogP contribution in [0.25, 0.3) is 120 Å². The van der Waals surface area contributed by atoms with Crippen molar-refractivity contribution in [2.75, 3.05) is 0 Å². The Balaban J connectivity index is 1.11. The molecule has 61 heavy (non-hydrogen) atoms. The van der Waals surface area contributed by atoms with Crippen LogP contribution >= 0.6 is 11.3 Å². The Labute approximate surface area is 356 Å². The summed E-state index contributed by atoms with van der Waals surface area (Å²) in [5.74, 6) is 1.91. The van der Waals surface area contributed by atoms with Crippen LogP contribution in [0, 0.1) is 0 Å². The van der Waals surface area contributed by atoms with Crippen LogP contribution in [-0.2, 0) is 0 Å². The van der Waals surface area contributed by atoms with Crippen LogP contribution in [0.3, 0.4) is 0 Å². The van der Waals surface area contributed by atoms with Gasteiger partial charge in [-0.1, -0.05) is 194 Å². The minimum absolute atomic E-state index is 0.626. The number of fused-ring (bicyclic) bond motifs is 9. The van der Waals surface area contributed by atoms with E-state index in [1.807, 2.05) is 72.0 Å². The minimum atomic E-state index is 0.626. The summed E-state index contributed by atoms with van der Waals surface area (Å²) in [5.41, 5.74) is 9.29. The number of benzene rings is 9. The van der Waals surface area contributed by atoms with Gasteiger partial charge in [-0.15, -0.1) is 11.3 Å². The molecule has 284 valence electrons. The molecule has 0 amide bonds. The summed E-state index contributed by atoms with van der Waals surface area (Å²) in [6.07, 6.45) is 0. The van der Waals surface area contributed by atoms with Crippen molar-refractivity contribution in [3.63, 3.8) is 0 Å². The van der Waals surface area contributed by atoms with Crippen LogP contribution in [0.4, 0.5) is 0 Å². The maximum Gasteiger partial charge on any atom is 0.164 e. The molecule has 12 rings (SSSR count). The average Bonchev–Trinajstić information content (AvgIpc) is 3.76. The molecule has 0 aliphatic carbocycles. The van der Waals surface area contributed by atoms with Crippen LogP contribution in [0.15, 0.2) is 206 Å². The van der Waals surface area contributed by atoms with Gasteiger partial charge in [-0.25, -0.2) is 19.9 Å². The predicted octanol–water partition coefficient (Wildman–Crippen LogP) is 15.1. The van der Waals surface area contributed by atoms with E-state index in [2.05, 4.69) is 146 Å². The molecule has 0 spiro atoms. The molecule has 0 radical (unpaired) electrons. The van der Waals surface area contributed by atoms with Gasteiger partial charge in [-0.3, -0.25) is 0 Å². The molecular formula is C56H34N4S. The molecule has 5 heteroatoms. The monoisotopic (exact) mass is 794 g/mol. The highest BCUT2D eigenvalue weighted by Gasteiger charge is 2.24. The van der Waals surface area contributed by atoms with E-state index >= 15 is 0 Å². The third-order valence-electron chi connectivity index (χ3n) is 11.7. The number of aromatic nitrogens is 4. The standard InChI is InChI=1S/C56H34N4S/c1-4-16-36(17-5-1)51-50-49(35-28-30-39(31-29-35)56-59-54(37-18-6-2-7-19-37)58-55(60-56)38-20-8-3-9-21-38)52(61-53(50)46-26-14-15-27-48(46)57-51)40-32-33-45-43-24-11-10-22-41(43)42-23-12-13-25-44(42)47(45)34-40/h1-34H. The molecule has 3 aromatic heterocycles. The Morgan fingerprint density at radius 1 is 0.295 bits per heavy atom. The second-order valence-corrected chi connectivity index (χ2v) is 16.3. The van der Waals surface area contributed by atoms with E-state index in [1.165, 1.54) is 53.0 Å². The maximum atomic E-state index is 5.41. The number of rotatable bonds is 6. The fraction of sp³-hybridized carbons (Fsp3) is 0. The fourth-order valence-corrected chi connectivity index (χ4v) is 10.2. The van der Waals surface area contributed by atoms with Gasteiger partial charge in [0, 0.05) is 48.2 Å². The molecule has 0 unspecified atom stereocenters. The van der Waals surface area contributed by atoms with E-state index in [1.54, 1.807) is 0 Å². The van der Waals surface area contributed by atoms with Crippen LogP contribution in [0.2, 0.25) is 0 Å². The van der Waals surface area contributed by atoms with Gasteiger partial charge in [0.1, 0.15) is 0 Å². The molecule has 9 aromatic carbocycles. The Kier molecular flexibility index (Phi) is 8.32. The number of nitrogens with zero attached hydrogens (tertiary/aromatic N) is 4. The second-order valence-electron chi connectivity index (χ2n) is 15.3. The van der Waals surface area contributed by atoms with Crippen molar-refractivity contribution in [3.05, 3.63) is 206 Å². The van der Waals surface area contributed by atoms with Crippen molar-refractivity contribution >= 4 is 64.6 Å². The molecule has 0 bridgehead atoms. The Hall–Kier alpha value is -7.86. The highest BCUT2D eigenvalue weighted by Crippen LogP contribution is 2.51. The zero-order chi connectivity index (χ0) is 40.3. The van der Waals surface area contributed by atoms with E-state index in [0.29, 0.717) is 17.5 Å². The molecule has 3 heterocycles. The molecule has 0 saturated carbocycles. The van der Waals surface area contributed by atoms with Gasteiger partial charge in [-0.05, 0) is 55.6 Å². The number of hydrogen-bond acceptors (Lipinski definition) is 5. The van der Waals surface area contributed by atoms with E-state index in [-0.39, 0.29) is 0 Å². The molecule has 0 saturated heterocycles. The second kappa shape index (κ2) is 14.5. The average molecular weight is 795 g/mol. The van der Waals surface area contributed by atoms with E-state index < -0.39 is 0 Å². The zero-order valence-electron chi connectivity index (χ0n) is 32.8. The van der Waals surface area contributed by atoms with Gasteiger partial charge >= 0.3 is 0 Å². The first kappa shape index (κ1) is 35.1. The number of pyridine rings is 1. The number of hydrogen-bond donors (Lipinski definition) is 0. The summed E-state index contributed by atoms with van der Waals surface area (Å²) in [5, 5.41) is 9.86. The highest BCUT2D eigenvalue weighted by atomic mass is 32.1. The lowest BCUT2D eigenvalue weighted by Gasteiger charge is -2.13. The van der Waals surface area contributed by atoms with Crippen molar-refractivity contribution in [3.8, 4) is 67.0 Å². The highest BCUT2D eigenvalue weighted by molar-refractivity contribution is 7.24. The first-order valence-electron chi connectivity index (χ1n) is 20.5. The molecular weight excluding hydrogens is 761 g/mol. The van der Waals surface area contributed by atoms with Gasteiger partial charge < -0.3 is 0 Å². The lowest BCUT2D eigenvalue weighted by Crippen LogP contribution is -2.00. The lowest BCUT2D eigenvalue weighted by atomic mass is 9.91. The van der Waals surface area contributed by atoms with Crippen LogP contribution in [0.1, 0.15) is 0 Å². The van der Waals surface area contributed by atoms with E-state index in [0.717, 1.165) is 49.8 Å². The first-order valence-corrected chi connectivity index (χ1v) is 21.3. The van der Waals surface area contributed by atoms with Crippen LogP contribution in [-0.4, -0.2) is 19.9 Å². The normalized spacial score (nSPS) is 11.6. The molecule has 0 fully saturated rings. The summed E-state index contributed by atoms with van der Waals surface area (Å²) in [6, 6.07) is 72.7. The Morgan fingerprint density at radius 3 is 1.26 bits per heavy atom. The van der Waals surface area contributed by atoms with Gasteiger partial charge in [0.05, 0.1) is 11.2 Å². The fourth-order valence-electron chi connectivity index (χ4n) is 8.84. The van der Waals surface area contributed by atoms with Gasteiger partial charge in [0.15, 0.2) is 17.5 Å². The zero-order valence-corrected chi connectivity index (χ0v) is 33.6. The maximum absolute atomic E-state index is 5.41.